The summed E-state index contributed by atoms with van der Waals surface area (Å²) in [5, 5.41) is 3.42. The van der Waals surface area contributed by atoms with E-state index in [1.807, 2.05) is 0 Å². The van der Waals surface area contributed by atoms with Crippen molar-refractivity contribution in [1.29, 1.82) is 0 Å². The van der Waals surface area contributed by atoms with Crippen LogP contribution < -0.4 is 10.2 Å². The van der Waals surface area contributed by atoms with Crippen LogP contribution in [0.2, 0.25) is 0 Å². The molecule has 1 aromatic carbocycles. The van der Waals surface area contributed by atoms with Gasteiger partial charge in [-0.05, 0) is 33.6 Å². The van der Waals surface area contributed by atoms with Crippen molar-refractivity contribution in [1.82, 2.24) is 5.32 Å². The van der Waals surface area contributed by atoms with E-state index in [4.69, 9.17) is 0 Å². The fraction of sp³-hybridized carbons (Fsp3) is 0.571. The molecule has 106 valence electrons. The van der Waals surface area contributed by atoms with Crippen molar-refractivity contribution in [3.8, 4) is 0 Å². The molecule has 1 aliphatic heterocycles. The number of nitrogens with one attached hydrogen (secondary N) is 1. The average molecular weight is 345 g/mol. The number of nitrogens with zero attached hydrogens (tertiary/aromatic N) is 1. The number of hydrogen-bond acceptors (Lipinski definition) is 3. The summed E-state index contributed by atoms with van der Waals surface area (Å²) < 4.78 is 12.5. The maximum atomic E-state index is 11.4. The molecule has 0 spiro atoms. The lowest BCUT2D eigenvalue weighted by Crippen LogP contribution is -2.37. The Bertz CT molecular complexity index is 455. The van der Waals surface area contributed by atoms with Gasteiger partial charge in [0.15, 0.2) is 0 Å². The average Bonchev–Trinajstić information content (AvgIpc) is 2.38. The minimum atomic E-state index is -0.621. The number of anilines is 1. The lowest BCUT2D eigenvalue weighted by Gasteiger charge is -2.29. The Morgan fingerprint density at radius 3 is 2.63 bits per heavy atom. The highest BCUT2D eigenvalue weighted by Gasteiger charge is 2.17. The van der Waals surface area contributed by atoms with Crippen molar-refractivity contribution in [3.05, 3.63) is 28.2 Å². The Morgan fingerprint density at radius 1 is 1.37 bits per heavy atom. The molecule has 0 unspecified atom stereocenters. The Balaban J connectivity index is 2.04. The van der Waals surface area contributed by atoms with Crippen molar-refractivity contribution in [2.75, 3.05) is 29.5 Å². The normalized spacial score (nSPS) is 17.2. The van der Waals surface area contributed by atoms with Gasteiger partial charge in [0.05, 0.1) is 5.69 Å². The third-order valence-corrected chi connectivity index (χ3v) is 5.16. The first kappa shape index (κ1) is 15.0. The van der Waals surface area contributed by atoms with E-state index in [1.54, 1.807) is 0 Å². The van der Waals surface area contributed by atoms with Crippen LogP contribution >= 0.6 is 15.9 Å². The summed E-state index contributed by atoms with van der Waals surface area (Å²) in [6, 6.07) is 7.00. The van der Waals surface area contributed by atoms with Crippen LogP contribution in [0.5, 0.6) is 0 Å². The molecule has 1 fully saturated rings. The predicted molar refractivity (Wildman–Crippen MR) is 86.2 cm³/mol. The van der Waals surface area contributed by atoms with E-state index in [0.717, 1.165) is 35.6 Å². The van der Waals surface area contributed by atoms with Gasteiger partial charge < -0.3 is 10.2 Å². The van der Waals surface area contributed by atoms with Gasteiger partial charge in [0.2, 0.25) is 0 Å². The van der Waals surface area contributed by atoms with Crippen molar-refractivity contribution in [2.24, 2.45) is 0 Å². The van der Waals surface area contributed by atoms with Gasteiger partial charge in [-0.15, -0.1) is 0 Å². The first-order valence-corrected chi connectivity index (χ1v) is 8.96. The smallest absolute Gasteiger partial charge is 0.0511 e. The molecule has 0 aromatic heterocycles. The van der Waals surface area contributed by atoms with Crippen LogP contribution in [0.15, 0.2) is 22.7 Å². The predicted octanol–water partition coefficient (Wildman–Crippen LogP) is 2.52. The quantitative estimate of drug-likeness (QED) is 0.910. The summed E-state index contributed by atoms with van der Waals surface area (Å²) in [6.07, 6.45) is 0. The van der Waals surface area contributed by atoms with Crippen LogP contribution in [0, 0.1) is 0 Å². The summed E-state index contributed by atoms with van der Waals surface area (Å²) in [5.41, 5.74) is 2.50. The van der Waals surface area contributed by atoms with Gasteiger partial charge in [-0.1, -0.05) is 19.9 Å². The minimum Gasteiger partial charge on any atom is -0.369 e. The van der Waals surface area contributed by atoms with Gasteiger partial charge in [0, 0.05) is 52.5 Å². The fourth-order valence-electron chi connectivity index (χ4n) is 2.12. The first-order valence-electron chi connectivity index (χ1n) is 6.68. The van der Waals surface area contributed by atoms with Gasteiger partial charge in [-0.3, -0.25) is 4.21 Å². The van der Waals surface area contributed by atoms with Crippen LogP contribution in [-0.4, -0.2) is 34.8 Å². The van der Waals surface area contributed by atoms with Crippen LogP contribution in [-0.2, 0) is 17.3 Å². The van der Waals surface area contributed by atoms with Gasteiger partial charge in [0.25, 0.3) is 0 Å². The zero-order chi connectivity index (χ0) is 13.8. The zero-order valence-corrected chi connectivity index (χ0v) is 13.9. The molecular formula is C14H21BrN2OS. The SMILES string of the molecule is CC(C)NCc1ccc(N2CCS(=O)CC2)c(Br)c1. The third kappa shape index (κ3) is 4.29. The highest BCUT2D eigenvalue weighted by molar-refractivity contribution is 9.10. The third-order valence-electron chi connectivity index (χ3n) is 3.24. The molecule has 0 bridgehead atoms. The van der Waals surface area contributed by atoms with Crippen LogP contribution in [0.25, 0.3) is 0 Å². The largest absolute Gasteiger partial charge is 0.369 e. The Kier molecular flexibility index (Phi) is 5.42. The van der Waals surface area contributed by atoms with Gasteiger partial charge >= 0.3 is 0 Å². The van der Waals surface area contributed by atoms with Gasteiger partial charge in [-0.25, -0.2) is 0 Å². The Morgan fingerprint density at radius 2 is 2.05 bits per heavy atom. The number of hydrogen-bond donors (Lipinski definition) is 1. The lowest BCUT2D eigenvalue weighted by molar-refractivity contribution is 0.588. The minimum absolute atomic E-state index is 0.496. The van der Waals surface area contributed by atoms with E-state index in [2.05, 4.69) is 58.2 Å². The summed E-state index contributed by atoms with van der Waals surface area (Å²) in [4.78, 5) is 2.31. The second-order valence-corrected chi connectivity index (χ2v) is 7.71. The van der Waals surface area contributed by atoms with E-state index in [-0.39, 0.29) is 0 Å². The molecule has 0 atom stereocenters. The van der Waals surface area contributed by atoms with Crippen molar-refractivity contribution in [3.63, 3.8) is 0 Å². The number of halogens is 1. The molecule has 0 radical (unpaired) electrons. The summed E-state index contributed by atoms with van der Waals surface area (Å²) in [5.74, 6) is 1.56. The second kappa shape index (κ2) is 6.86. The molecule has 1 N–H and O–H groups in total. The highest BCUT2D eigenvalue weighted by atomic mass is 79.9. The molecule has 1 heterocycles. The monoisotopic (exact) mass is 344 g/mol. The summed E-state index contributed by atoms with van der Waals surface area (Å²) in [7, 11) is -0.621. The maximum absolute atomic E-state index is 11.4. The molecule has 2 rings (SSSR count). The van der Waals surface area contributed by atoms with Crippen molar-refractivity contribution in [2.45, 2.75) is 26.4 Å². The summed E-state index contributed by atoms with van der Waals surface area (Å²) in [6.45, 7) is 6.96. The van der Waals surface area contributed by atoms with Crippen LogP contribution in [0.3, 0.4) is 0 Å². The van der Waals surface area contributed by atoms with Gasteiger partial charge in [0.1, 0.15) is 0 Å². The first-order chi connectivity index (χ1) is 9.06. The zero-order valence-electron chi connectivity index (χ0n) is 11.5. The van der Waals surface area contributed by atoms with Crippen molar-refractivity contribution >= 4 is 32.4 Å². The molecule has 19 heavy (non-hydrogen) atoms. The molecule has 1 aliphatic rings. The molecule has 5 heteroatoms. The molecule has 0 amide bonds. The van der Waals surface area contributed by atoms with E-state index < -0.39 is 10.8 Å². The van der Waals surface area contributed by atoms with E-state index in [0.29, 0.717) is 6.04 Å². The van der Waals surface area contributed by atoms with Gasteiger partial charge in [-0.2, -0.15) is 0 Å². The highest BCUT2D eigenvalue weighted by Crippen LogP contribution is 2.28. The maximum Gasteiger partial charge on any atom is 0.0511 e. The second-order valence-electron chi connectivity index (χ2n) is 5.16. The standard InChI is InChI=1S/C14H21BrN2OS/c1-11(2)16-10-12-3-4-14(13(15)9-12)17-5-7-19(18)8-6-17/h3-4,9,11,16H,5-8,10H2,1-2H3. The number of rotatable bonds is 4. The van der Waals surface area contributed by atoms with E-state index in [1.165, 1.54) is 11.3 Å². The van der Waals surface area contributed by atoms with Crippen LogP contribution in [0.4, 0.5) is 5.69 Å². The molecular weight excluding hydrogens is 324 g/mol. The fourth-order valence-corrected chi connectivity index (χ4v) is 3.85. The molecule has 3 nitrogen and oxygen atoms in total. The van der Waals surface area contributed by atoms with Crippen molar-refractivity contribution < 1.29 is 4.21 Å². The summed E-state index contributed by atoms with van der Waals surface area (Å²) >= 11 is 3.66. The Labute approximate surface area is 126 Å². The molecule has 1 saturated heterocycles. The molecule has 1 aromatic rings. The molecule has 0 saturated carbocycles. The Hall–Kier alpha value is -0.390. The lowest BCUT2D eigenvalue weighted by atomic mass is 10.2. The molecule has 0 aliphatic carbocycles. The van der Waals surface area contributed by atoms with E-state index >= 15 is 0 Å². The number of benzene rings is 1. The topological polar surface area (TPSA) is 32.3 Å². The van der Waals surface area contributed by atoms with E-state index in [9.17, 15) is 4.21 Å². The van der Waals surface area contributed by atoms with Crippen LogP contribution in [0.1, 0.15) is 19.4 Å².